The summed E-state index contributed by atoms with van der Waals surface area (Å²) in [4.78, 5) is 4.45. The molecule has 20 heavy (non-hydrogen) atoms. The van der Waals surface area contributed by atoms with E-state index in [1.54, 1.807) is 6.20 Å². The summed E-state index contributed by atoms with van der Waals surface area (Å²) in [6, 6.07) is 10.2. The molecule has 0 aliphatic heterocycles. The van der Waals surface area contributed by atoms with Crippen LogP contribution < -0.4 is 5.32 Å². The molecule has 4 nitrogen and oxygen atoms in total. The molecule has 1 aromatic heterocycles. The Morgan fingerprint density at radius 3 is 2.70 bits per heavy atom. The average Bonchev–Trinajstić information content (AvgIpc) is 2.42. The van der Waals surface area contributed by atoms with Gasteiger partial charge in [0, 0.05) is 29.6 Å². The minimum absolute atomic E-state index is 0.121. The van der Waals surface area contributed by atoms with E-state index < -0.39 is 9.84 Å². The van der Waals surface area contributed by atoms with E-state index in [4.69, 9.17) is 0 Å². The molecule has 0 amide bonds. The summed E-state index contributed by atoms with van der Waals surface area (Å²) in [5.41, 5.74) is 2.10. The van der Waals surface area contributed by atoms with E-state index in [0.717, 1.165) is 22.9 Å². The SMILES string of the molecule is CNC(CCCS(C)(=O)=O)c1cccc2cccnc12. The molecule has 0 bridgehead atoms. The van der Waals surface area contributed by atoms with Crippen LogP contribution in [0.4, 0.5) is 0 Å². The second-order valence-corrected chi connectivity index (χ2v) is 7.30. The normalized spacial score (nSPS) is 13.5. The van der Waals surface area contributed by atoms with Crippen molar-refractivity contribution in [3.63, 3.8) is 0 Å². The van der Waals surface area contributed by atoms with E-state index >= 15 is 0 Å². The van der Waals surface area contributed by atoms with Gasteiger partial charge in [-0.3, -0.25) is 4.98 Å². The lowest BCUT2D eigenvalue weighted by Gasteiger charge is -2.18. The first kappa shape index (κ1) is 14.9. The Morgan fingerprint density at radius 1 is 1.25 bits per heavy atom. The van der Waals surface area contributed by atoms with E-state index in [1.165, 1.54) is 6.26 Å². The molecule has 0 aliphatic rings. The molecular weight excluding hydrogens is 272 g/mol. The molecule has 1 aromatic carbocycles. The van der Waals surface area contributed by atoms with E-state index in [-0.39, 0.29) is 11.8 Å². The van der Waals surface area contributed by atoms with Crippen LogP contribution in [0.15, 0.2) is 36.5 Å². The fraction of sp³-hybridized carbons (Fsp3) is 0.400. The third-order valence-electron chi connectivity index (χ3n) is 3.40. The smallest absolute Gasteiger partial charge is 0.147 e. The first-order valence-electron chi connectivity index (χ1n) is 6.70. The monoisotopic (exact) mass is 292 g/mol. The summed E-state index contributed by atoms with van der Waals surface area (Å²) >= 11 is 0. The van der Waals surface area contributed by atoms with Gasteiger partial charge in [-0.25, -0.2) is 8.42 Å². The molecule has 108 valence electrons. The van der Waals surface area contributed by atoms with Gasteiger partial charge in [-0.2, -0.15) is 0 Å². The van der Waals surface area contributed by atoms with Crippen molar-refractivity contribution in [2.75, 3.05) is 19.1 Å². The predicted octanol–water partition coefficient (Wildman–Crippen LogP) is 2.32. The highest BCUT2D eigenvalue weighted by molar-refractivity contribution is 7.90. The number of benzene rings is 1. The Balaban J connectivity index is 2.21. The van der Waals surface area contributed by atoms with Crippen LogP contribution in [0.3, 0.4) is 0 Å². The lowest BCUT2D eigenvalue weighted by Crippen LogP contribution is -2.18. The second-order valence-electron chi connectivity index (χ2n) is 5.04. The van der Waals surface area contributed by atoms with Gasteiger partial charge in [-0.05, 0) is 31.5 Å². The lowest BCUT2D eigenvalue weighted by atomic mass is 9.99. The van der Waals surface area contributed by atoms with Crippen LogP contribution in [-0.4, -0.2) is 32.5 Å². The van der Waals surface area contributed by atoms with Crippen molar-refractivity contribution in [3.05, 3.63) is 42.1 Å². The molecule has 0 radical (unpaired) electrons. The van der Waals surface area contributed by atoms with Gasteiger partial charge in [0.15, 0.2) is 0 Å². The van der Waals surface area contributed by atoms with Crippen LogP contribution in [-0.2, 0) is 9.84 Å². The van der Waals surface area contributed by atoms with Crippen LogP contribution in [0.5, 0.6) is 0 Å². The van der Waals surface area contributed by atoms with Gasteiger partial charge >= 0.3 is 0 Å². The third kappa shape index (κ3) is 3.77. The number of sulfone groups is 1. The molecule has 2 rings (SSSR count). The maximum atomic E-state index is 11.2. The van der Waals surface area contributed by atoms with Crippen molar-refractivity contribution in [1.29, 1.82) is 0 Å². The Hall–Kier alpha value is -1.46. The second kappa shape index (κ2) is 6.33. The Kier molecular flexibility index (Phi) is 4.73. The summed E-state index contributed by atoms with van der Waals surface area (Å²) in [6.07, 6.45) is 4.49. The molecule has 1 atom stereocenters. The standard InChI is InChI=1S/C15H20N2O2S/c1-16-14(9-5-11-20(2,18)19)13-8-3-6-12-7-4-10-17-15(12)13/h3-4,6-8,10,14,16H,5,9,11H2,1-2H3. The zero-order chi connectivity index (χ0) is 14.6. The highest BCUT2D eigenvalue weighted by atomic mass is 32.2. The highest BCUT2D eigenvalue weighted by Gasteiger charge is 2.14. The summed E-state index contributed by atoms with van der Waals surface area (Å²) in [7, 11) is -1.00. The maximum absolute atomic E-state index is 11.2. The molecule has 0 aliphatic carbocycles. The van der Waals surface area contributed by atoms with Gasteiger partial charge in [0.05, 0.1) is 5.52 Å². The quantitative estimate of drug-likeness (QED) is 0.887. The molecule has 0 fully saturated rings. The van der Waals surface area contributed by atoms with Crippen molar-refractivity contribution >= 4 is 20.7 Å². The van der Waals surface area contributed by atoms with Crippen LogP contribution in [0, 0.1) is 0 Å². The van der Waals surface area contributed by atoms with Gasteiger partial charge < -0.3 is 5.32 Å². The molecule has 5 heteroatoms. The molecule has 2 aromatic rings. The molecule has 0 saturated heterocycles. The summed E-state index contributed by atoms with van der Waals surface area (Å²) in [5.74, 6) is 0.226. The number of fused-ring (bicyclic) bond motifs is 1. The number of aromatic nitrogens is 1. The van der Waals surface area contributed by atoms with Crippen molar-refractivity contribution < 1.29 is 8.42 Å². The molecule has 0 saturated carbocycles. The van der Waals surface area contributed by atoms with E-state index in [9.17, 15) is 8.42 Å². The number of hydrogen-bond donors (Lipinski definition) is 1. The minimum Gasteiger partial charge on any atom is -0.313 e. The van der Waals surface area contributed by atoms with Crippen molar-refractivity contribution in [2.24, 2.45) is 0 Å². The van der Waals surface area contributed by atoms with Crippen molar-refractivity contribution in [1.82, 2.24) is 10.3 Å². The predicted molar refractivity (Wildman–Crippen MR) is 82.5 cm³/mol. The van der Waals surface area contributed by atoms with E-state index in [0.29, 0.717) is 6.42 Å². The number of hydrogen-bond acceptors (Lipinski definition) is 4. The zero-order valence-electron chi connectivity index (χ0n) is 11.8. The van der Waals surface area contributed by atoms with Gasteiger partial charge in [0.2, 0.25) is 0 Å². The van der Waals surface area contributed by atoms with Crippen LogP contribution in [0.2, 0.25) is 0 Å². The van der Waals surface area contributed by atoms with E-state index in [1.807, 2.05) is 31.3 Å². The number of para-hydroxylation sites is 1. The van der Waals surface area contributed by atoms with E-state index in [2.05, 4.69) is 16.4 Å². The number of pyridine rings is 1. The van der Waals surface area contributed by atoms with Gasteiger partial charge in [0.1, 0.15) is 9.84 Å². The molecule has 0 spiro atoms. The third-order valence-corrected chi connectivity index (χ3v) is 4.43. The van der Waals surface area contributed by atoms with Gasteiger partial charge in [-0.1, -0.05) is 24.3 Å². The molecule has 1 heterocycles. The van der Waals surface area contributed by atoms with Crippen LogP contribution in [0.1, 0.15) is 24.4 Å². The number of nitrogens with zero attached hydrogens (tertiary/aromatic N) is 1. The minimum atomic E-state index is -2.90. The lowest BCUT2D eigenvalue weighted by molar-refractivity contribution is 0.538. The zero-order valence-corrected chi connectivity index (χ0v) is 12.7. The molecular formula is C15H20N2O2S. The summed E-state index contributed by atoms with van der Waals surface area (Å²) in [6.45, 7) is 0. The van der Waals surface area contributed by atoms with Gasteiger partial charge in [-0.15, -0.1) is 0 Å². The first-order valence-corrected chi connectivity index (χ1v) is 8.76. The highest BCUT2D eigenvalue weighted by Crippen LogP contribution is 2.25. The maximum Gasteiger partial charge on any atom is 0.147 e. The average molecular weight is 292 g/mol. The largest absolute Gasteiger partial charge is 0.313 e. The first-order chi connectivity index (χ1) is 9.51. The Morgan fingerprint density at radius 2 is 2.00 bits per heavy atom. The van der Waals surface area contributed by atoms with Crippen LogP contribution >= 0.6 is 0 Å². The summed E-state index contributed by atoms with van der Waals surface area (Å²) < 4.78 is 22.4. The summed E-state index contributed by atoms with van der Waals surface area (Å²) in [5, 5.41) is 4.37. The molecule has 1 unspecified atom stereocenters. The topological polar surface area (TPSA) is 59.1 Å². The fourth-order valence-corrected chi connectivity index (χ4v) is 3.11. The Labute approximate surface area is 120 Å². The van der Waals surface area contributed by atoms with Crippen molar-refractivity contribution in [3.8, 4) is 0 Å². The van der Waals surface area contributed by atoms with Crippen LogP contribution in [0.25, 0.3) is 10.9 Å². The fourth-order valence-electron chi connectivity index (χ4n) is 2.41. The number of nitrogens with one attached hydrogen (secondary N) is 1. The number of rotatable bonds is 6. The van der Waals surface area contributed by atoms with Gasteiger partial charge in [0.25, 0.3) is 0 Å². The Bertz CT molecular complexity index is 678. The molecule has 1 N–H and O–H groups in total. The van der Waals surface area contributed by atoms with Crippen molar-refractivity contribution in [2.45, 2.75) is 18.9 Å².